The zero-order chi connectivity index (χ0) is 16.2. The Balaban J connectivity index is 3.18. The second-order valence-corrected chi connectivity index (χ2v) is 6.96. The fraction of sp³-hybridized carbons (Fsp3) is 0.417. The van der Waals surface area contributed by atoms with Gasteiger partial charge in [0.25, 0.3) is 0 Å². The van der Waals surface area contributed by atoms with E-state index in [0.29, 0.717) is 4.47 Å². The Morgan fingerprint density at radius 3 is 2.57 bits per heavy atom. The third-order valence-electron chi connectivity index (χ3n) is 2.63. The number of esters is 1. The number of nitrogen functional groups attached to an aromatic ring is 1. The van der Waals surface area contributed by atoms with Crippen LogP contribution in [-0.2, 0) is 19.6 Å². The molecular formula is C12H17BrN2O5S. The van der Waals surface area contributed by atoms with Crippen LogP contribution in [0.2, 0.25) is 0 Å². The summed E-state index contributed by atoms with van der Waals surface area (Å²) in [6.45, 7) is 1.43. The summed E-state index contributed by atoms with van der Waals surface area (Å²) in [6, 6.07) is 2.74. The highest BCUT2D eigenvalue weighted by atomic mass is 79.9. The standard InChI is InChI=1S/C12H17BrN2O5S/c1-4-20-12(16)7-15(2)21(17,18)11-6-9(14)8(13)5-10(11)19-3/h5-6H,4,7,14H2,1-3H3. The molecule has 0 bridgehead atoms. The van der Waals surface area contributed by atoms with Crippen molar-refractivity contribution in [2.75, 3.05) is 33.0 Å². The molecule has 7 nitrogen and oxygen atoms in total. The van der Waals surface area contributed by atoms with E-state index < -0.39 is 22.5 Å². The third-order valence-corrected chi connectivity index (χ3v) is 5.14. The highest BCUT2D eigenvalue weighted by Gasteiger charge is 2.27. The number of benzene rings is 1. The van der Waals surface area contributed by atoms with Crippen LogP contribution in [-0.4, -0.2) is 46.0 Å². The van der Waals surface area contributed by atoms with Gasteiger partial charge in [-0.25, -0.2) is 8.42 Å². The average molecular weight is 381 g/mol. The minimum atomic E-state index is -3.93. The molecule has 0 atom stereocenters. The van der Waals surface area contributed by atoms with Crippen molar-refractivity contribution in [3.8, 4) is 5.75 Å². The van der Waals surface area contributed by atoms with Gasteiger partial charge in [0.15, 0.2) is 0 Å². The number of likely N-dealkylation sites (N-methyl/N-ethyl adjacent to an activating group) is 1. The van der Waals surface area contributed by atoms with Crippen LogP contribution in [0, 0.1) is 0 Å². The van der Waals surface area contributed by atoms with Crippen molar-refractivity contribution < 1.29 is 22.7 Å². The summed E-state index contributed by atoms with van der Waals surface area (Å²) in [6.07, 6.45) is 0. The lowest BCUT2D eigenvalue weighted by atomic mass is 10.3. The largest absolute Gasteiger partial charge is 0.495 e. The van der Waals surface area contributed by atoms with E-state index in [2.05, 4.69) is 15.9 Å². The smallest absolute Gasteiger partial charge is 0.321 e. The van der Waals surface area contributed by atoms with Crippen LogP contribution < -0.4 is 10.5 Å². The van der Waals surface area contributed by atoms with Crippen LogP contribution >= 0.6 is 15.9 Å². The summed E-state index contributed by atoms with van der Waals surface area (Å²) in [4.78, 5) is 11.3. The van der Waals surface area contributed by atoms with E-state index in [0.717, 1.165) is 4.31 Å². The van der Waals surface area contributed by atoms with Gasteiger partial charge in [0.2, 0.25) is 10.0 Å². The van der Waals surface area contributed by atoms with Gasteiger partial charge in [0.1, 0.15) is 17.2 Å². The molecule has 1 aromatic carbocycles. The quantitative estimate of drug-likeness (QED) is 0.588. The summed E-state index contributed by atoms with van der Waals surface area (Å²) < 4.78 is 36.2. The minimum absolute atomic E-state index is 0.113. The number of anilines is 1. The highest BCUT2D eigenvalue weighted by molar-refractivity contribution is 9.10. The maximum Gasteiger partial charge on any atom is 0.321 e. The zero-order valence-electron chi connectivity index (χ0n) is 11.9. The van der Waals surface area contributed by atoms with Crippen LogP contribution in [0.5, 0.6) is 5.75 Å². The van der Waals surface area contributed by atoms with Crippen molar-refractivity contribution in [1.29, 1.82) is 0 Å². The van der Waals surface area contributed by atoms with Crippen LogP contribution in [0.4, 0.5) is 5.69 Å². The predicted octanol–water partition coefficient (Wildman–Crippen LogP) is 1.22. The number of nitrogens with zero attached hydrogens (tertiary/aromatic N) is 1. The average Bonchev–Trinajstić information content (AvgIpc) is 2.41. The van der Waals surface area contributed by atoms with Crippen molar-refractivity contribution in [3.05, 3.63) is 16.6 Å². The summed E-state index contributed by atoms with van der Waals surface area (Å²) in [7, 11) is -1.30. The lowest BCUT2D eigenvalue weighted by molar-refractivity contribution is -0.143. The van der Waals surface area contributed by atoms with Crippen LogP contribution in [0.25, 0.3) is 0 Å². The first-order chi connectivity index (χ1) is 9.73. The van der Waals surface area contributed by atoms with E-state index in [1.165, 1.54) is 26.3 Å². The van der Waals surface area contributed by atoms with E-state index >= 15 is 0 Å². The Bertz CT molecular complexity index is 633. The molecule has 0 aliphatic carbocycles. The number of methoxy groups -OCH3 is 1. The van der Waals surface area contributed by atoms with Gasteiger partial charge in [-0.1, -0.05) is 0 Å². The van der Waals surface area contributed by atoms with E-state index in [1.807, 2.05) is 0 Å². The third kappa shape index (κ3) is 4.08. The number of ether oxygens (including phenoxy) is 2. The first-order valence-corrected chi connectivity index (χ1v) is 8.22. The molecule has 21 heavy (non-hydrogen) atoms. The van der Waals surface area contributed by atoms with Gasteiger partial charge in [-0.2, -0.15) is 4.31 Å². The first kappa shape index (κ1) is 17.7. The lowest BCUT2D eigenvalue weighted by Gasteiger charge is -2.18. The Morgan fingerprint density at radius 2 is 2.05 bits per heavy atom. The molecule has 0 saturated heterocycles. The molecule has 0 fully saturated rings. The molecule has 0 aliphatic heterocycles. The molecular weight excluding hydrogens is 364 g/mol. The molecule has 1 rings (SSSR count). The number of hydrogen-bond donors (Lipinski definition) is 1. The number of carbonyl (C=O) groups is 1. The van der Waals surface area contributed by atoms with Gasteiger partial charge < -0.3 is 15.2 Å². The molecule has 0 saturated carbocycles. The number of halogens is 1. The molecule has 118 valence electrons. The minimum Gasteiger partial charge on any atom is -0.495 e. The SMILES string of the molecule is CCOC(=O)CN(C)S(=O)(=O)c1cc(N)c(Br)cc1OC. The van der Waals surface area contributed by atoms with Crippen LogP contribution in [0.1, 0.15) is 6.92 Å². The number of hydrogen-bond acceptors (Lipinski definition) is 6. The van der Waals surface area contributed by atoms with E-state index in [4.69, 9.17) is 15.2 Å². The Morgan fingerprint density at radius 1 is 1.43 bits per heavy atom. The van der Waals surface area contributed by atoms with Gasteiger partial charge in [-0.05, 0) is 35.0 Å². The van der Waals surface area contributed by atoms with Gasteiger partial charge >= 0.3 is 5.97 Å². The van der Waals surface area contributed by atoms with Crippen molar-refractivity contribution in [2.24, 2.45) is 0 Å². The van der Waals surface area contributed by atoms with Crippen molar-refractivity contribution in [3.63, 3.8) is 0 Å². The molecule has 0 aromatic heterocycles. The van der Waals surface area contributed by atoms with Gasteiger partial charge in [0.05, 0.1) is 13.7 Å². The summed E-state index contributed by atoms with van der Waals surface area (Å²) in [5, 5.41) is 0. The molecule has 0 heterocycles. The highest BCUT2D eigenvalue weighted by Crippen LogP contribution is 2.33. The number of nitrogens with two attached hydrogens (primary N) is 1. The summed E-state index contributed by atoms with van der Waals surface area (Å²) in [5.41, 5.74) is 5.96. The fourth-order valence-electron chi connectivity index (χ4n) is 1.55. The lowest BCUT2D eigenvalue weighted by Crippen LogP contribution is -2.33. The predicted molar refractivity (Wildman–Crippen MR) is 81.6 cm³/mol. The van der Waals surface area contributed by atoms with E-state index in [9.17, 15) is 13.2 Å². The molecule has 0 aliphatic rings. The topological polar surface area (TPSA) is 98.9 Å². The molecule has 2 N–H and O–H groups in total. The van der Waals surface area contributed by atoms with E-state index in [-0.39, 0.29) is 22.9 Å². The molecule has 1 aromatic rings. The number of rotatable bonds is 6. The van der Waals surface area contributed by atoms with Crippen molar-refractivity contribution >= 4 is 37.6 Å². The maximum absolute atomic E-state index is 12.5. The first-order valence-electron chi connectivity index (χ1n) is 5.99. The summed E-state index contributed by atoms with van der Waals surface area (Å²) >= 11 is 3.20. The number of carbonyl (C=O) groups excluding carboxylic acids is 1. The van der Waals surface area contributed by atoms with Crippen molar-refractivity contribution in [1.82, 2.24) is 4.31 Å². The molecule has 0 radical (unpaired) electrons. The van der Waals surface area contributed by atoms with Gasteiger partial charge in [0, 0.05) is 17.2 Å². The molecule has 0 unspecified atom stereocenters. The molecule has 0 spiro atoms. The Kier molecular flexibility index (Phi) is 5.99. The summed E-state index contributed by atoms with van der Waals surface area (Å²) in [5.74, 6) is -0.501. The second kappa shape index (κ2) is 7.10. The second-order valence-electron chi connectivity index (χ2n) is 4.09. The number of sulfonamides is 1. The molecule has 9 heteroatoms. The Hall–Kier alpha value is -1.32. The molecule has 0 amide bonds. The van der Waals surface area contributed by atoms with Crippen LogP contribution in [0.15, 0.2) is 21.5 Å². The zero-order valence-corrected chi connectivity index (χ0v) is 14.3. The van der Waals surface area contributed by atoms with Crippen molar-refractivity contribution in [2.45, 2.75) is 11.8 Å². The fourth-order valence-corrected chi connectivity index (χ4v) is 3.16. The van der Waals surface area contributed by atoms with Crippen LogP contribution in [0.3, 0.4) is 0 Å². The maximum atomic E-state index is 12.5. The van der Waals surface area contributed by atoms with Gasteiger partial charge in [-0.3, -0.25) is 4.79 Å². The van der Waals surface area contributed by atoms with Gasteiger partial charge in [-0.15, -0.1) is 0 Å². The normalized spacial score (nSPS) is 11.5. The van der Waals surface area contributed by atoms with E-state index in [1.54, 1.807) is 6.92 Å². The monoisotopic (exact) mass is 380 g/mol. The Labute approximate surface area is 132 Å².